The predicted octanol–water partition coefficient (Wildman–Crippen LogP) is 4.61. The number of nitrogens with one attached hydrogen (secondary N) is 2. The van der Waals surface area contributed by atoms with E-state index in [2.05, 4.69) is 10.3 Å². The standard InChI is InChI=1S/C23H27N3O2/c27-21-10-7-17-13-18(8-9-20(17)26(21)14-15-3-1-2-4-15)25-23(28)22-19(11-12-24-22)16-5-6-16/h8-9,11-13,15-16,24H,1-7,10,14H2,(H,25,28). The number of nitrogens with zero attached hydrogens (tertiary/aromatic N) is 1. The number of rotatable bonds is 5. The monoisotopic (exact) mass is 377 g/mol. The van der Waals surface area contributed by atoms with Gasteiger partial charge in [-0.1, -0.05) is 12.8 Å². The van der Waals surface area contributed by atoms with Crippen LogP contribution in [0.1, 0.15) is 72.5 Å². The molecule has 0 radical (unpaired) electrons. The summed E-state index contributed by atoms with van der Waals surface area (Å²) in [5.74, 6) is 1.31. The van der Waals surface area contributed by atoms with Crippen LogP contribution in [0.3, 0.4) is 0 Å². The SMILES string of the molecule is O=C(Nc1ccc2c(c1)CCC(=O)N2CC1CCCC1)c1[nH]ccc1C1CC1. The van der Waals surface area contributed by atoms with Gasteiger partial charge in [-0.05, 0) is 79.3 Å². The molecule has 0 saturated heterocycles. The summed E-state index contributed by atoms with van der Waals surface area (Å²) in [4.78, 5) is 30.3. The van der Waals surface area contributed by atoms with E-state index in [1.165, 1.54) is 38.5 Å². The number of aromatic amines is 1. The minimum absolute atomic E-state index is 0.0819. The molecule has 0 bridgehead atoms. The van der Waals surface area contributed by atoms with Gasteiger partial charge in [-0.25, -0.2) is 0 Å². The lowest BCUT2D eigenvalue weighted by Gasteiger charge is -2.32. The van der Waals surface area contributed by atoms with Crippen LogP contribution in [0, 0.1) is 5.92 Å². The van der Waals surface area contributed by atoms with Gasteiger partial charge in [-0.3, -0.25) is 9.59 Å². The summed E-state index contributed by atoms with van der Waals surface area (Å²) in [5, 5.41) is 3.04. The summed E-state index contributed by atoms with van der Waals surface area (Å²) in [6, 6.07) is 8.00. The number of aryl methyl sites for hydroxylation is 1. The number of amides is 2. The molecule has 3 aliphatic rings. The van der Waals surface area contributed by atoms with Crippen molar-refractivity contribution in [2.75, 3.05) is 16.8 Å². The molecule has 28 heavy (non-hydrogen) atoms. The maximum absolute atomic E-state index is 12.7. The Morgan fingerprint density at radius 3 is 2.71 bits per heavy atom. The van der Waals surface area contributed by atoms with Crippen molar-refractivity contribution < 1.29 is 9.59 Å². The Morgan fingerprint density at radius 1 is 1.11 bits per heavy atom. The van der Waals surface area contributed by atoms with Crippen molar-refractivity contribution in [1.29, 1.82) is 0 Å². The largest absolute Gasteiger partial charge is 0.357 e. The molecule has 2 fully saturated rings. The zero-order chi connectivity index (χ0) is 19.1. The molecule has 1 aromatic heterocycles. The Kier molecular flexibility index (Phi) is 4.46. The van der Waals surface area contributed by atoms with Gasteiger partial charge in [0.25, 0.3) is 5.91 Å². The van der Waals surface area contributed by atoms with Crippen molar-refractivity contribution in [1.82, 2.24) is 4.98 Å². The van der Waals surface area contributed by atoms with E-state index in [4.69, 9.17) is 0 Å². The van der Waals surface area contributed by atoms with Crippen molar-refractivity contribution in [2.24, 2.45) is 5.92 Å². The Bertz CT molecular complexity index is 906. The Hall–Kier alpha value is -2.56. The molecule has 0 spiro atoms. The van der Waals surface area contributed by atoms with E-state index in [1.807, 2.05) is 35.4 Å². The zero-order valence-electron chi connectivity index (χ0n) is 16.2. The number of H-pyrrole nitrogens is 1. The highest BCUT2D eigenvalue weighted by Crippen LogP contribution is 2.41. The first kappa shape index (κ1) is 17.5. The number of aromatic nitrogens is 1. The van der Waals surface area contributed by atoms with Crippen molar-refractivity contribution in [2.45, 2.75) is 57.3 Å². The molecular formula is C23H27N3O2. The first-order chi connectivity index (χ1) is 13.7. The molecule has 1 aromatic carbocycles. The smallest absolute Gasteiger partial charge is 0.272 e. The summed E-state index contributed by atoms with van der Waals surface area (Å²) in [7, 11) is 0. The number of carbonyl (C=O) groups excluding carboxylic acids is 2. The van der Waals surface area contributed by atoms with E-state index in [9.17, 15) is 9.59 Å². The van der Waals surface area contributed by atoms with Gasteiger partial charge in [0.15, 0.2) is 0 Å². The molecule has 2 amide bonds. The predicted molar refractivity (Wildman–Crippen MR) is 110 cm³/mol. The minimum atomic E-state index is -0.0819. The minimum Gasteiger partial charge on any atom is -0.357 e. The molecule has 2 saturated carbocycles. The Labute approximate surface area is 165 Å². The van der Waals surface area contributed by atoms with Gasteiger partial charge in [0.2, 0.25) is 5.91 Å². The number of benzene rings is 1. The molecule has 1 aliphatic heterocycles. The third kappa shape index (κ3) is 3.34. The third-order valence-electron chi connectivity index (χ3n) is 6.48. The second kappa shape index (κ2) is 7.12. The molecule has 2 aliphatic carbocycles. The van der Waals surface area contributed by atoms with Crippen LogP contribution in [0.15, 0.2) is 30.5 Å². The van der Waals surface area contributed by atoms with Crippen molar-refractivity contribution in [3.63, 3.8) is 0 Å². The number of hydrogen-bond acceptors (Lipinski definition) is 2. The second-order valence-corrected chi connectivity index (χ2v) is 8.53. The van der Waals surface area contributed by atoms with E-state index in [0.717, 1.165) is 35.5 Å². The maximum Gasteiger partial charge on any atom is 0.272 e. The molecule has 5 nitrogen and oxygen atoms in total. The molecular weight excluding hydrogens is 350 g/mol. The lowest BCUT2D eigenvalue weighted by Crippen LogP contribution is -2.38. The Balaban J connectivity index is 1.34. The van der Waals surface area contributed by atoms with Gasteiger partial charge in [0, 0.05) is 30.5 Å². The van der Waals surface area contributed by atoms with E-state index >= 15 is 0 Å². The summed E-state index contributed by atoms with van der Waals surface area (Å²) < 4.78 is 0. The maximum atomic E-state index is 12.7. The summed E-state index contributed by atoms with van der Waals surface area (Å²) in [6.45, 7) is 0.838. The third-order valence-corrected chi connectivity index (χ3v) is 6.48. The van der Waals surface area contributed by atoms with Crippen LogP contribution >= 0.6 is 0 Å². The molecule has 146 valence electrons. The van der Waals surface area contributed by atoms with E-state index < -0.39 is 0 Å². The quantitative estimate of drug-likeness (QED) is 0.799. The molecule has 5 heteroatoms. The van der Waals surface area contributed by atoms with Gasteiger partial charge in [0.1, 0.15) is 5.69 Å². The van der Waals surface area contributed by atoms with Crippen LogP contribution in [-0.4, -0.2) is 23.3 Å². The van der Waals surface area contributed by atoms with Crippen molar-refractivity contribution in [3.05, 3.63) is 47.3 Å². The molecule has 5 rings (SSSR count). The summed E-state index contributed by atoms with van der Waals surface area (Å²) in [5.41, 5.74) is 4.79. The lowest BCUT2D eigenvalue weighted by atomic mass is 9.98. The highest BCUT2D eigenvalue weighted by atomic mass is 16.2. The Morgan fingerprint density at radius 2 is 1.93 bits per heavy atom. The fourth-order valence-corrected chi connectivity index (χ4v) is 4.80. The number of hydrogen-bond donors (Lipinski definition) is 2. The summed E-state index contributed by atoms with van der Waals surface area (Å²) >= 11 is 0. The van der Waals surface area contributed by atoms with E-state index in [1.54, 1.807) is 0 Å². The van der Waals surface area contributed by atoms with Crippen molar-refractivity contribution in [3.8, 4) is 0 Å². The van der Waals surface area contributed by atoms with Crippen LogP contribution in [0.2, 0.25) is 0 Å². The highest BCUT2D eigenvalue weighted by Gasteiger charge is 2.30. The van der Waals surface area contributed by atoms with Crippen LogP contribution in [0.25, 0.3) is 0 Å². The van der Waals surface area contributed by atoms with Gasteiger partial charge >= 0.3 is 0 Å². The lowest BCUT2D eigenvalue weighted by molar-refractivity contribution is -0.119. The normalized spacial score (nSPS) is 19.7. The van der Waals surface area contributed by atoms with Crippen LogP contribution < -0.4 is 10.2 Å². The van der Waals surface area contributed by atoms with Crippen LogP contribution in [0.5, 0.6) is 0 Å². The highest BCUT2D eigenvalue weighted by molar-refractivity contribution is 6.04. The first-order valence-electron chi connectivity index (χ1n) is 10.6. The molecule has 0 unspecified atom stereocenters. The van der Waals surface area contributed by atoms with Crippen LogP contribution in [0.4, 0.5) is 11.4 Å². The molecule has 2 aromatic rings. The molecule has 0 atom stereocenters. The average molecular weight is 377 g/mol. The fraction of sp³-hybridized carbons (Fsp3) is 0.478. The summed E-state index contributed by atoms with van der Waals surface area (Å²) in [6.07, 6.45) is 10.5. The molecule has 2 heterocycles. The average Bonchev–Trinajstić information content (AvgIpc) is 3.19. The van der Waals surface area contributed by atoms with Crippen molar-refractivity contribution >= 4 is 23.2 Å². The first-order valence-corrected chi connectivity index (χ1v) is 10.6. The van der Waals surface area contributed by atoms with Gasteiger partial charge in [-0.2, -0.15) is 0 Å². The molecule has 2 N–H and O–H groups in total. The van der Waals surface area contributed by atoms with E-state index in [-0.39, 0.29) is 11.8 Å². The van der Waals surface area contributed by atoms with E-state index in [0.29, 0.717) is 24.0 Å². The van der Waals surface area contributed by atoms with Crippen LogP contribution in [-0.2, 0) is 11.2 Å². The second-order valence-electron chi connectivity index (χ2n) is 8.53. The number of fused-ring (bicyclic) bond motifs is 1. The fourth-order valence-electron chi connectivity index (χ4n) is 4.80. The van der Waals surface area contributed by atoms with Gasteiger partial charge in [-0.15, -0.1) is 0 Å². The number of carbonyl (C=O) groups is 2. The number of anilines is 2. The topological polar surface area (TPSA) is 65.2 Å². The zero-order valence-corrected chi connectivity index (χ0v) is 16.2. The van der Waals surface area contributed by atoms with Gasteiger partial charge < -0.3 is 15.2 Å². The van der Waals surface area contributed by atoms with Gasteiger partial charge in [0.05, 0.1) is 0 Å².